The molecule has 1 aliphatic carbocycles. The molecule has 1 aliphatic rings. The van der Waals surface area contributed by atoms with Gasteiger partial charge in [-0.1, -0.05) is 66.2 Å². The lowest BCUT2D eigenvalue weighted by Crippen LogP contribution is -2.44. The Morgan fingerprint density at radius 1 is 0.931 bits per heavy atom. The largest absolute Gasteiger partial charge is 0.480 e. The van der Waals surface area contributed by atoms with Crippen LogP contribution in [0.1, 0.15) is 17.9 Å². The van der Waals surface area contributed by atoms with Crippen LogP contribution in [0.3, 0.4) is 0 Å². The summed E-state index contributed by atoms with van der Waals surface area (Å²) in [7, 11) is -4.00. The monoisotopic (exact) mass is 427 g/mol. The van der Waals surface area contributed by atoms with Crippen molar-refractivity contribution < 1.29 is 18.3 Å². The Hall–Kier alpha value is -2.67. The van der Waals surface area contributed by atoms with Gasteiger partial charge in [0.25, 0.3) is 0 Å². The van der Waals surface area contributed by atoms with Crippen LogP contribution < -0.4 is 4.72 Å². The normalized spacial score (nSPS) is 20.9. The van der Waals surface area contributed by atoms with Crippen molar-refractivity contribution in [1.29, 1.82) is 0 Å². The molecule has 148 valence electrons. The Balaban J connectivity index is 1.58. The third-order valence-corrected chi connectivity index (χ3v) is 6.98. The fourth-order valence-electron chi connectivity index (χ4n) is 3.51. The number of hydrogen-bond acceptors (Lipinski definition) is 3. The molecule has 29 heavy (non-hydrogen) atoms. The first-order valence-corrected chi connectivity index (χ1v) is 10.9. The molecule has 0 amide bonds. The van der Waals surface area contributed by atoms with Crippen LogP contribution in [-0.2, 0) is 14.8 Å². The first kappa shape index (κ1) is 19.6. The van der Waals surface area contributed by atoms with Gasteiger partial charge >= 0.3 is 5.97 Å². The van der Waals surface area contributed by atoms with E-state index in [-0.39, 0.29) is 11.3 Å². The molecule has 0 saturated heterocycles. The van der Waals surface area contributed by atoms with E-state index in [2.05, 4.69) is 4.72 Å². The van der Waals surface area contributed by atoms with Gasteiger partial charge in [0.1, 0.15) is 5.54 Å². The summed E-state index contributed by atoms with van der Waals surface area (Å²) in [6.45, 7) is 0. The Bertz CT molecular complexity index is 1150. The molecular weight excluding hydrogens is 410 g/mol. The molecule has 0 aliphatic heterocycles. The number of benzene rings is 3. The molecule has 4 rings (SSSR count). The van der Waals surface area contributed by atoms with Crippen molar-refractivity contribution in [2.75, 3.05) is 0 Å². The highest BCUT2D eigenvalue weighted by Crippen LogP contribution is 2.52. The van der Waals surface area contributed by atoms with Crippen LogP contribution in [0.15, 0.2) is 83.8 Å². The van der Waals surface area contributed by atoms with Crippen molar-refractivity contribution in [3.05, 3.63) is 89.4 Å². The number of rotatable bonds is 6. The maximum absolute atomic E-state index is 12.9. The van der Waals surface area contributed by atoms with E-state index in [9.17, 15) is 18.3 Å². The van der Waals surface area contributed by atoms with Gasteiger partial charge in [-0.3, -0.25) is 4.79 Å². The van der Waals surface area contributed by atoms with Crippen LogP contribution in [0.5, 0.6) is 0 Å². The molecule has 2 atom stereocenters. The molecule has 0 radical (unpaired) electrons. The molecular formula is C22H18ClNO4S. The van der Waals surface area contributed by atoms with Gasteiger partial charge in [-0.2, -0.15) is 4.72 Å². The molecule has 0 bridgehead atoms. The summed E-state index contributed by atoms with van der Waals surface area (Å²) in [6, 6.07) is 22.6. The average molecular weight is 428 g/mol. The second kappa shape index (κ2) is 7.30. The highest BCUT2D eigenvalue weighted by atomic mass is 35.5. The number of hydrogen-bond donors (Lipinski definition) is 2. The van der Waals surface area contributed by atoms with E-state index in [0.29, 0.717) is 5.02 Å². The lowest BCUT2D eigenvalue weighted by molar-refractivity contribution is -0.140. The summed E-state index contributed by atoms with van der Waals surface area (Å²) in [4.78, 5) is 11.9. The van der Waals surface area contributed by atoms with Gasteiger partial charge in [0.15, 0.2) is 0 Å². The summed E-state index contributed by atoms with van der Waals surface area (Å²) in [6.07, 6.45) is 0.217. The summed E-state index contributed by atoms with van der Waals surface area (Å²) >= 11 is 5.90. The Morgan fingerprint density at radius 2 is 1.48 bits per heavy atom. The molecule has 1 saturated carbocycles. The van der Waals surface area contributed by atoms with E-state index < -0.39 is 27.4 Å². The zero-order chi connectivity index (χ0) is 20.6. The van der Waals surface area contributed by atoms with Crippen LogP contribution in [0.2, 0.25) is 5.02 Å². The number of sulfonamides is 1. The fraction of sp³-hybridized carbons (Fsp3) is 0.136. The molecule has 2 N–H and O–H groups in total. The first-order valence-electron chi connectivity index (χ1n) is 9.00. The van der Waals surface area contributed by atoms with E-state index in [4.69, 9.17) is 11.6 Å². The van der Waals surface area contributed by atoms with Crippen molar-refractivity contribution in [2.24, 2.45) is 0 Å². The minimum atomic E-state index is -4.00. The van der Waals surface area contributed by atoms with E-state index in [0.717, 1.165) is 16.7 Å². The van der Waals surface area contributed by atoms with E-state index in [1.165, 1.54) is 12.1 Å². The predicted molar refractivity (Wildman–Crippen MR) is 111 cm³/mol. The summed E-state index contributed by atoms with van der Waals surface area (Å²) in [5.41, 5.74) is 1.02. The lowest BCUT2D eigenvalue weighted by atomic mass is 10.1. The van der Waals surface area contributed by atoms with Crippen molar-refractivity contribution in [2.45, 2.75) is 22.8 Å². The minimum Gasteiger partial charge on any atom is -0.480 e. The second-order valence-electron chi connectivity index (χ2n) is 7.08. The Kier molecular flexibility index (Phi) is 4.94. The Morgan fingerprint density at radius 3 is 2.03 bits per heavy atom. The van der Waals surface area contributed by atoms with Gasteiger partial charge in [-0.15, -0.1) is 0 Å². The van der Waals surface area contributed by atoms with E-state index in [1.807, 2.05) is 42.5 Å². The fourth-order valence-corrected chi connectivity index (χ4v) is 5.04. The number of carboxylic acid groups (broad SMARTS) is 1. The average Bonchev–Trinajstić information content (AvgIpc) is 3.44. The molecule has 0 spiro atoms. The van der Waals surface area contributed by atoms with Crippen LogP contribution in [0.4, 0.5) is 0 Å². The van der Waals surface area contributed by atoms with Crippen LogP contribution in [0.25, 0.3) is 11.1 Å². The van der Waals surface area contributed by atoms with Crippen LogP contribution >= 0.6 is 11.6 Å². The molecule has 3 aromatic carbocycles. The van der Waals surface area contributed by atoms with E-state index in [1.54, 1.807) is 24.3 Å². The van der Waals surface area contributed by atoms with Crippen LogP contribution in [-0.4, -0.2) is 25.0 Å². The van der Waals surface area contributed by atoms with Crippen LogP contribution in [0, 0.1) is 0 Å². The highest BCUT2D eigenvalue weighted by molar-refractivity contribution is 7.89. The lowest BCUT2D eigenvalue weighted by Gasteiger charge is -2.16. The van der Waals surface area contributed by atoms with Gasteiger partial charge in [0, 0.05) is 10.9 Å². The third kappa shape index (κ3) is 3.79. The number of carboxylic acids is 1. The molecule has 7 heteroatoms. The maximum Gasteiger partial charge on any atom is 0.325 e. The second-order valence-corrected chi connectivity index (χ2v) is 9.20. The van der Waals surface area contributed by atoms with E-state index >= 15 is 0 Å². The van der Waals surface area contributed by atoms with Crippen molar-refractivity contribution in [3.8, 4) is 11.1 Å². The quantitative estimate of drug-likeness (QED) is 0.614. The molecule has 2 unspecified atom stereocenters. The summed E-state index contributed by atoms with van der Waals surface area (Å²) in [5.74, 6) is -1.57. The molecule has 5 nitrogen and oxygen atoms in total. The standard InChI is InChI=1S/C22H18ClNO4S/c23-18-10-6-15(7-11-18)16-8-12-19(13-9-16)29(27,28)24-22(21(25)26)14-20(22)17-4-2-1-3-5-17/h1-13,20,24H,14H2,(H,25,26). The third-order valence-electron chi connectivity index (χ3n) is 5.20. The topological polar surface area (TPSA) is 83.5 Å². The maximum atomic E-state index is 12.9. The predicted octanol–water partition coefficient (Wildman–Crippen LogP) is 4.30. The minimum absolute atomic E-state index is 0.0227. The van der Waals surface area contributed by atoms with Crippen molar-refractivity contribution in [1.82, 2.24) is 4.72 Å². The Labute approximate surface area is 174 Å². The molecule has 0 aromatic heterocycles. The zero-order valence-corrected chi connectivity index (χ0v) is 16.8. The van der Waals surface area contributed by atoms with Gasteiger partial charge in [-0.25, -0.2) is 8.42 Å². The van der Waals surface area contributed by atoms with Crippen molar-refractivity contribution in [3.63, 3.8) is 0 Å². The van der Waals surface area contributed by atoms with Gasteiger partial charge in [-0.05, 0) is 47.4 Å². The smallest absolute Gasteiger partial charge is 0.325 e. The number of aliphatic carboxylic acids is 1. The summed E-state index contributed by atoms with van der Waals surface area (Å²) in [5, 5.41) is 10.3. The number of halogens is 1. The SMILES string of the molecule is O=C(O)C1(NS(=O)(=O)c2ccc(-c3ccc(Cl)cc3)cc2)CC1c1ccccc1. The van der Waals surface area contributed by atoms with Gasteiger partial charge in [0.2, 0.25) is 10.0 Å². The first-order chi connectivity index (χ1) is 13.8. The number of carbonyl (C=O) groups is 1. The van der Waals surface area contributed by atoms with Gasteiger partial charge in [0.05, 0.1) is 4.90 Å². The zero-order valence-electron chi connectivity index (χ0n) is 15.2. The molecule has 3 aromatic rings. The number of nitrogens with one attached hydrogen (secondary N) is 1. The summed E-state index contributed by atoms with van der Waals surface area (Å²) < 4.78 is 28.2. The van der Waals surface area contributed by atoms with Gasteiger partial charge < -0.3 is 5.11 Å². The van der Waals surface area contributed by atoms with Crippen molar-refractivity contribution >= 4 is 27.6 Å². The highest BCUT2D eigenvalue weighted by Gasteiger charge is 2.63. The molecule has 1 fully saturated rings. The molecule has 0 heterocycles.